The Morgan fingerprint density at radius 1 is 1.50 bits per heavy atom. The van der Waals surface area contributed by atoms with Crippen LogP contribution in [0, 0.1) is 6.92 Å². The molecule has 84 valence electrons. The highest BCUT2D eigenvalue weighted by molar-refractivity contribution is 6.00. The van der Waals surface area contributed by atoms with Crippen molar-refractivity contribution < 1.29 is 4.79 Å². The van der Waals surface area contributed by atoms with Crippen molar-refractivity contribution in [1.82, 2.24) is 14.9 Å². The third kappa shape index (κ3) is 1.72. The zero-order valence-corrected chi connectivity index (χ0v) is 9.74. The van der Waals surface area contributed by atoms with Crippen LogP contribution in [0.3, 0.4) is 0 Å². The van der Waals surface area contributed by atoms with Gasteiger partial charge in [0, 0.05) is 12.6 Å². The molecule has 0 aliphatic heterocycles. The molecular formula is C12H15N3O. The van der Waals surface area contributed by atoms with Crippen LogP contribution < -0.4 is 5.32 Å². The van der Waals surface area contributed by atoms with Crippen LogP contribution >= 0.6 is 0 Å². The van der Waals surface area contributed by atoms with E-state index < -0.39 is 0 Å². The summed E-state index contributed by atoms with van der Waals surface area (Å²) < 4.78 is 2.02. The number of imidazole rings is 1. The number of aromatic nitrogens is 2. The predicted octanol–water partition coefficient (Wildman–Crippen LogP) is 1.28. The van der Waals surface area contributed by atoms with E-state index in [9.17, 15) is 4.79 Å². The van der Waals surface area contributed by atoms with Crippen molar-refractivity contribution in [3.05, 3.63) is 29.6 Å². The van der Waals surface area contributed by atoms with Gasteiger partial charge in [0.15, 0.2) is 5.78 Å². The minimum absolute atomic E-state index is 0.0905. The largest absolute Gasteiger partial charge is 0.331 e. The Morgan fingerprint density at radius 2 is 2.25 bits per heavy atom. The van der Waals surface area contributed by atoms with E-state index in [1.807, 2.05) is 36.7 Å². The van der Waals surface area contributed by atoms with Gasteiger partial charge in [0.1, 0.15) is 5.82 Å². The Bertz CT molecular complexity index is 542. The van der Waals surface area contributed by atoms with Crippen LogP contribution in [0.2, 0.25) is 0 Å². The van der Waals surface area contributed by atoms with E-state index in [4.69, 9.17) is 0 Å². The van der Waals surface area contributed by atoms with E-state index in [-0.39, 0.29) is 5.78 Å². The molecule has 2 rings (SSSR count). The summed E-state index contributed by atoms with van der Waals surface area (Å²) in [6, 6.07) is 5.64. The molecule has 1 N–H and O–H groups in total. The van der Waals surface area contributed by atoms with Gasteiger partial charge >= 0.3 is 0 Å². The lowest BCUT2D eigenvalue weighted by molar-refractivity contribution is 0.0993. The first-order valence-electron chi connectivity index (χ1n) is 5.24. The number of aryl methyl sites for hydroxylation is 2. The fourth-order valence-electron chi connectivity index (χ4n) is 1.76. The van der Waals surface area contributed by atoms with E-state index in [1.54, 1.807) is 7.05 Å². The maximum absolute atomic E-state index is 11.7. The number of carbonyl (C=O) groups excluding carboxylic acids is 1. The van der Waals surface area contributed by atoms with E-state index in [0.29, 0.717) is 12.1 Å². The number of nitrogens with zero attached hydrogens (tertiary/aromatic N) is 2. The minimum Gasteiger partial charge on any atom is -0.331 e. The van der Waals surface area contributed by atoms with Gasteiger partial charge in [0.2, 0.25) is 0 Å². The Kier molecular flexibility index (Phi) is 2.75. The van der Waals surface area contributed by atoms with Crippen molar-refractivity contribution in [2.75, 3.05) is 13.6 Å². The third-order valence-electron chi connectivity index (χ3n) is 2.76. The van der Waals surface area contributed by atoms with E-state index >= 15 is 0 Å². The topological polar surface area (TPSA) is 46.9 Å². The maximum atomic E-state index is 11.7. The molecular weight excluding hydrogens is 202 g/mol. The lowest BCUT2D eigenvalue weighted by atomic mass is 10.1. The van der Waals surface area contributed by atoms with Crippen molar-refractivity contribution in [2.45, 2.75) is 6.92 Å². The summed E-state index contributed by atoms with van der Waals surface area (Å²) in [7, 11) is 3.74. The molecule has 0 spiro atoms. The van der Waals surface area contributed by atoms with Gasteiger partial charge in [-0.25, -0.2) is 4.98 Å². The van der Waals surface area contributed by atoms with E-state index in [2.05, 4.69) is 10.3 Å². The quantitative estimate of drug-likeness (QED) is 0.788. The number of ketones is 1. The highest BCUT2D eigenvalue weighted by atomic mass is 16.1. The van der Waals surface area contributed by atoms with Crippen molar-refractivity contribution >= 4 is 16.8 Å². The summed E-state index contributed by atoms with van der Waals surface area (Å²) in [4.78, 5) is 16.1. The number of Topliss-reactive ketones (excluding diaryl/α,β-unsaturated/α-hetero) is 1. The van der Waals surface area contributed by atoms with E-state index in [0.717, 1.165) is 16.9 Å². The van der Waals surface area contributed by atoms with Crippen LogP contribution in [0.25, 0.3) is 11.0 Å². The molecule has 1 heterocycles. The monoisotopic (exact) mass is 217 g/mol. The Hall–Kier alpha value is -1.68. The van der Waals surface area contributed by atoms with Crippen LogP contribution in [-0.4, -0.2) is 28.9 Å². The van der Waals surface area contributed by atoms with Gasteiger partial charge in [-0.15, -0.1) is 0 Å². The second-order valence-corrected chi connectivity index (χ2v) is 3.88. The molecule has 0 aliphatic rings. The number of hydrogen-bond acceptors (Lipinski definition) is 3. The van der Waals surface area contributed by atoms with Crippen LogP contribution in [0.5, 0.6) is 0 Å². The van der Waals surface area contributed by atoms with Crippen molar-refractivity contribution in [3.8, 4) is 0 Å². The molecule has 0 amide bonds. The molecule has 4 heteroatoms. The zero-order valence-electron chi connectivity index (χ0n) is 9.74. The molecule has 16 heavy (non-hydrogen) atoms. The fraction of sp³-hybridized carbons (Fsp3) is 0.333. The van der Waals surface area contributed by atoms with Gasteiger partial charge in [-0.05, 0) is 32.2 Å². The fourth-order valence-corrected chi connectivity index (χ4v) is 1.76. The minimum atomic E-state index is 0.0905. The number of rotatable bonds is 3. The summed E-state index contributed by atoms with van der Waals surface area (Å²) in [6.07, 6.45) is 0. The van der Waals surface area contributed by atoms with Crippen molar-refractivity contribution in [1.29, 1.82) is 0 Å². The highest BCUT2D eigenvalue weighted by Gasteiger charge is 2.08. The molecule has 0 unspecified atom stereocenters. The lowest BCUT2D eigenvalue weighted by Crippen LogP contribution is -2.18. The average molecular weight is 217 g/mol. The molecule has 0 fully saturated rings. The van der Waals surface area contributed by atoms with Gasteiger partial charge in [-0.2, -0.15) is 0 Å². The normalized spacial score (nSPS) is 10.9. The van der Waals surface area contributed by atoms with Gasteiger partial charge in [0.05, 0.1) is 17.6 Å². The van der Waals surface area contributed by atoms with Crippen LogP contribution in [0.1, 0.15) is 16.2 Å². The number of benzene rings is 1. The Labute approximate surface area is 94.3 Å². The molecule has 1 aromatic carbocycles. The molecule has 0 bridgehead atoms. The molecule has 0 saturated carbocycles. The second-order valence-electron chi connectivity index (χ2n) is 3.88. The molecule has 0 aliphatic carbocycles. The SMILES string of the molecule is CNCC(=O)c1ccc2c(c1)nc(C)n2C. The first-order chi connectivity index (χ1) is 7.63. The van der Waals surface area contributed by atoms with Crippen molar-refractivity contribution in [2.24, 2.45) is 7.05 Å². The Balaban J connectivity index is 2.48. The molecule has 2 aromatic rings. The summed E-state index contributed by atoms with van der Waals surface area (Å²) in [5, 5.41) is 2.86. The van der Waals surface area contributed by atoms with Crippen LogP contribution in [0.15, 0.2) is 18.2 Å². The van der Waals surface area contributed by atoms with Crippen LogP contribution in [-0.2, 0) is 7.05 Å². The molecule has 0 atom stereocenters. The predicted molar refractivity (Wildman–Crippen MR) is 63.7 cm³/mol. The van der Waals surface area contributed by atoms with E-state index in [1.165, 1.54) is 0 Å². The van der Waals surface area contributed by atoms with Crippen LogP contribution in [0.4, 0.5) is 0 Å². The zero-order chi connectivity index (χ0) is 11.7. The van der Waals surface area contributed by atoms with Crippen molar-refractivity contribution in [3.63, 3.8) is 0 Å². The number of carbonyl (C=O) groups is 1. The van der Waals surface area contributed by atoms with Gasteiger partial charge in [0.25, 0.3) is 0 Å². The average Bonchev–Trinajstić information content (AvgIpc) is 2.55. The standard InChI is InChI=1S/C12H15N3O/c1-8-14-10-6-9(12(16)7-13-2)4-5-11(10)15(8)3/h4-6,13H,7H2,1-3H3. The smallest absolute Gasteiger partial charge is 0.176 e. The maximum Gasteiger partial charge on any atom is 0.176 e. The lowest BCUT2D eigenvalue weighted by Gasteiger charge is -2.00. The number of hydrogen-bond donors (Lipinski definition) is 1. The molecule has 1 aromatic heterocycles. The number of fused-ring (bicyclic) bond motifs is 1. The first-order valence-corrected chi connectivity index (χ1v) is 5.24. The number of likely N-dealkylation sites (N-methyl/N-ethyl adjacent to an activating group) is 1. The third-order valence-corrected chi connectivity index (χ3v) is 2.76. The summed E-state index contributed by atoms with van der Waals surface area (Å²) in [5.74, 6) is 1.04. The number of nitrogens with one attached hydrogen (secondary N) is 1. The van der Waals surface area contributed by atoms with Gasteiger partial charge < -0.3 is 9.88 Å². The van der Waals surface area contributed by atoms with Gasteiger partial charge in [-0.1, -0.05) is 0 Å². The summed E-state index contributed by atoms with van der Waals surface area (Å²) in [6.45, 7) is 2.31. The molecule has 4 nitrogen and oxygen atoms in total. The first kappa shape index (κ1) is 10.8. The second kappa shape index (κ2) is 4.06. The summed E-state index contributed by atoms with van der Waals surface area (Å²) >= 11 is 0. The highest BCUT2D eigenvalue weighted by Crippen LogP contribution is 2.16. The molecule has 0 radical (unpaired) electrons. The Morgan fingerprint density at radius 3 is 2.94 bits per heavy atom. The molecule has 0 saturated heterocycles. The van der Waals surface area contributed by atoms with Gasteiger partial charge in [-0.3, -0.25) is 4.79 Å². The summed E-state index contributed by atoms with van der Waals surface area (Å²) in [5.41, 5.74) is 2.64.